The molecule has 0 aliphatic heterocycles. The van der Waals surface area contributed by atoms with Crippen molar-refractivity contribution in [2.24, 2.45) is 7.05 Å². The van der Waals surface area contributed by atoms with Crippen molar-refractivity contribution in [3.63, 3.8) is 0 Å². The summed E-state index contributed by atoms with van der Waals surface area (Å²) in [5.41, 5.74) is 1.37. The van der Waals surface area contributed by atoms with Gasteiger partial charge in [-0.15, -0.1) is 21.5 Å². The van der Waals surface area contributed by atoms with Crippen LogP contribution in [0.15, 0.2) is 29.9 Å². The minimum Gasteiger partial charge on any atom is -0.333 e. The monoisotopic (exact) mass is 344 g/mol. The Morgan fingerprint density at radius 1 is 1.42 bits per heavy atom. The van der Waals surface area contributed by atoms with Gasteiger partial charge in [0.1, 0.15) is 17.7 Å². The number of aromatic nitrogens is 5. The SMILES string of the molecule is CC(C)n1cnnc1CN(C)C(=O)c1cc(-c2cccs2)nn1C. The summed E-state index contributed by atoms with van der Waals surface area (Å²) in [5, 5.41) is 14.5. The Hall–Kier alpha value is -2.48. The minimum absolute atomic E-state index is 0.0916. The number of amides is 1. The Bertz CT molecular complexity index is 833. The maximum Gasteiger partial charge on any atom is 0.272 e. The van der Waals surface area contributed by atoms with E-state index in [1.54, 1.807) is 41.3 Å². The molecule has 126 valence electrons. The molecular formula is C16H20N6OS. The van der Waals surface area contributed by atoms with Crippen LogP contribution < -0.4 is 0 Å². The first kappa shape index (κ1) is 16.4. The number of hydrogen-bond donors (Lipinski definition) is 0. The van der Waals surface area contributed by atoms with E-state index in [0.717, 1.165) is 16.4 Å². The third-order valence-corrected chi connectivity index (χ3v) is 4.69. The topological polar surface area (TPSA) is 68.8 Å². The zero-order chi connectivity index (χ0) is 17.3. The van der Waals surface area contributed by atoms with Crippen molar-refractivity contribution < 1.29 is 4.79 Å². The first-order chi connectivity index (χ1) is 11.5. The molecule has 1 amide bonds. The summed E-state index contributed by atoms with van der Waals surface area (Å²) in [6.07, 6.45) is 1.69. The van der Waals surface area contributed by atoms with Gasteiger partial charge < -0.3 is 9.47 Å². The van der Waals surface area contributed by atoms with Gasteiger partial charge in [-0.1, -0.05) is 6.07 Å². The van der Waals surface area contributed by atoms with Gasteiger partial charge in [0.2, 0.25) is 0 Å². The molecule has 7 nitrogen and oxygen atoms in total. The Morgan fingerprint density at radius 3 is 2.88 bits per heavy atom. The van der Waals surface area contributed by atoms with E-state index < -0.39 is 0 Å². The van der Waals surface area contributed by atoms with Crippen molar-refractivity contribution in [2.45, 2.75) is 26.4 Å². The van der Waals surface area contributed by atoms with E-state index in [9.17, 15) is 4.79 Å². The quantitative estimate of drug-likeness (QED) is 0.713. The molecule has 0 saturated carbocycles. The van der Waals surface area contributed by atoms with Crippen LogP contribution in [0.2, 0.25) is 0 Å². The van der Waals surface area contributed by atoms with Crippen molar-refractivity contribution in [1.29, 1.82) is 0 Å². The second kappa shape index (κ2) is 6.56. The molecule has 0 spiro atoms. The largest absolute Gasteiger partial charge is 0.333 e. The fourth-order valence-corrected chi connectivity index (χ4v) is 3.18. The normalized spacial score (nSPS) is 11.2. The van der Waals surface area contributed by atoms with E-state index in [-0.39, 0.29) is 11.9 Å². The lowest BCUT2D eigenvalue weighted by molar-refractivity contribution is 0.0768. The smallest absolute Gasteiger partial charge is 0.272 e. The molecule has 3 rings (SSSR count). The maximum atomic E-state index is 12.8. The number of hydrogen-bond acceptors (Lipinski definition) is 5. The van der Waals surface area contributed by atoms with Gasteiger partial charge in [0.05, 0.1) is 11.4 Å². The van der Waals surface area contributed by atoms with Gasteiger partial charge >= 0.3 is 0 Å². The zero-order valence-corrected chi connectivity index (χ0v) is 15.0. The second-order valence-electron chi connectivity index (χ2n) is 5.93. The van der Waals surface area contributed by atoms with E-state index in [4.69, 9.17) is 0 Å². The average Bonchev–Trinajstić information content (AvgIpc) is 3.26. The van der Waals surface area contributed by atoms with Crippen molar-refractivity contribution >= 4 is 17.2 Å². The average molecular weight is 344 g/mol. The predicted molar refractivity (Wildman–Crippen MR) is 92.7 cm³/mol. The Labute approximate surface area is 144 Å². The minimum atomic E-state index is -0.0916. The molecule has 0 bridgehead atoms. The van der Waals surface area contributed by atoms with Gasteiger partial charge in [-0.05, 0) is 31.4 Å². The van der Waals surface area contributed by atoms with Crippen LogP contribution in [-0.4, -0.2) is 42.4 Å². The highest BCUT2D eigenvalue weighted by Crippen LogP contribution is 2.24. The summed E-state index contributed by atoms with van der Waals surface area (Å²) in [6, 6.07) is 6.05. The third-order valence-electron chi connectivity index (χ3n) is 3.80. The molecule has 0 fully saturated rings. The van der Waals surface area contributed by atoms with Crippen LogP contribution in [0.25, 0.3) is 10.6 Å². The molecule has 0 saturated heterocycles. The van der Waals surface area contributed by atoms with Crippen LogP contribution in [0.1, 0.15) is 36.2 Å². The standard InChI is InChI=1S/C16H20N6OS/c1-11(2)22-10-17-18-15(22)9-20(3)16(23)13-8-12(19-21(13)4)14-6-5-7-24-14/h5-8,10-11H,9H2,1-4H3. The van der Waals surface area contributed by atoms with Gasteiger partial charge in [0, 0.05) is 20.1 Å². The third kappa shape index (κ3) is 3.09. The predicted octanol–water partition coefficient (Wildman–Crippen LogP) is 2.59. The lowest BCUT2D eigenvalue weighted by Gasteiger charge is -2.18. The van der Waals surface area contributed by atoms with Crippen LogP contribution in [0.3, 0.4) is 0 Å². The van der Waals surface area contributed by atoms with Crippen molar-refractivity contribution in [3.05, 3.63) is 41.4 Å². The molecule has 3 aromatic heterocycles. The molecule has 8 heteroatoms. The van der Waals surface area contributed by atoms with Crippen LogP contribution in [0.5, 0.6) is 0 Å². The summed E-state index contributed by atoms with van der Waals surface area (Å²) >= 11 is 1.60. The molecule has 0 N–H and O–H groups in total. The summed E-state index contributed by atoms with van der Waals surface area (Å²) < 4.78 is 3.59. The van der Waals surface area contributed by atoms with Gasteiger partial charge in [-0.25, -0.2) is 0 Å². The van der Waals surface area contributed by atoms with E-state index in [1.165, 1.54) is 0 Å². The molecule has 0 aliphatic rings. The fourth-order valence-electron chi connectivity index (χ4n) is 2.50. The molecule has 0 atom stereocenters. The van der Waals surface area contributed by atoms with E-state index in [1.807, 2.05) is 28.1 Å². The molecule has 3 heterocycles. The highest BCUT2D eigenvalue weighted by Gasteiger charge is 2.20. The maximum absolute atomic E-state index is 12.8. The molecular weight excluding hydrogens is 324 g/mol. The van der Waals surface area contributed by atoms with Crippen LogP contribution in [0, 0.1) is 0 Å². The van der Waals surface area contributed by atoms with E-state index in [0.29, 0.717) is 12.2 Å². The number of nitrogens with zero attached hydrogens (tertiary/aromatic N) is 6. The molecule has 0 radical (unpaired) electrons. The number of carbonyl (C=O) groups excluding carboxylic acids is 1. The molecule has 3 aromatic rings. The Morgan fingerprint density at radius 2 is 2.21 bits per heavy atom. The fraction of sp³-hybridized carbons (Fsp3) is 0.375. The van der Waals surface area contributed by atoms with Gasteiger partial charge in [0.25, 0.3) is 5.91 Å². The molecule has 0 unspecified atom stereocenters. The number of carbonyl (C=O) groups is 1. The first-order valence-corrected chi connectivity index (χ1v) is 8.57. The highest BCUT2D eigenvalue weighted by atomic mass is 32.1. The van der Waals surface area contributed by atoms with Crippen molar-refractivity contribution in [3.8, 4) is 10.6 Å². The number of rotatable bonds is 5. The van der Waals surface area contributed by atoms with Crippen molar-refractivity contribution in [1.82, 2.24) is 29.4 Å². The van der Waals surface area contributed by atoms with E-state index >= 15 is 0 Å². The van der Waals surface area contributed by atoms with Gasteiger partial charge in [0.15, 0.2) is 5.82 Å². The number of thiophene rings is 1. The van der Waals surface area contributed by atoms with Gasteiger partial charge in [-0.2, -0.15) is 5.10 Å². The van der Waals surface area contributed by atoms with Crippen LogP contribution in [0.4, 0.5) is 0 Å². The Balaban J connectivity index is 1.80. The molecule has 0 aromatic carbocycles. The molecule has 24 heavy (non-hydrogen) atoms. The van der Waals surface area contributed by atoms with Crippen LogP contribution in [-0.2, 0) is 13.6 Å². The lowest BCUT2D eigenvalue weighted by atomic mass is 10.3. The first-order valence-electron chi connectivity index (χ1n) is 7.69. The number of aryl methyl sites for hydroxylation is 1. The summed E-state index contributed by atoms with van der Waals surface area (Å²) in [6.45, 7) is 4.52. The highest BCUT2D eigenvalue weighted by molar-refractivity contribution is 7.13. The van der Waals surface area contributed by atoms with Crippen LogP contribution >= 0.6 is 11.3 Å². The second-order valence-corrected chi connectivity index (χ2v) is 6.87. The summed E-state index contributed by atoms with van der Waals surface area (Å²) in [4.78, 5) is 15.5. The lowest BCUT2D eigenvalue weighted by Crippen LogP contribution is -2.29. The summed E-state index contributed by atoms with van der Waals surface area (Å²) in [7, 11) is 3.55. The summed E-state index contributed by atoms with van der Waals surface area (Å²) in [5.74, 6) is 0.674. The molecule has 0 aliphatic carbocycles. The Kier molecular flexibility index (Phi) is 4.48. The van der Waals surface area contributed by atoms with Gasteiger partial charge in [-0.3, -0.25) is 9.48 Å². The zero-order valence-electron chi connectivity index (χ0n) is 14.2. The van der Waals surface area contributed by atoms with Crippen molar-refractivity contribution in [2.75, 3.05) is 7.05 Å². The van der Waals surface area contributed by atoms with E-state index in [2.05, 4.69) is 29.1 Å².